The number of nitrogens with one attached hydrogen (secondary N) is 1. The Hall–Kier alpha value is -1.38. The Balaban J connectivity index is 2.61. The van der Waals surface area contributed by atoms with Crippen molar-refractivity contribution >= 4 is 11.6 Å². The Kier molecular flexibility index (Phi) is 4.46. The summed E-state index contributed by atoms with van der Waals surface area (Å²) in [5.41, 5.74) is 5.29. The summed E-state index contributed by atoms with van der Waals surface area (Å²) in [4.78, 5) is 0. The first kappa shape index (κ1) is 15.0. The van der Waals surface area contributed by atoms with Crippen LogP contribution < -0.4 is 5.32 Å². The first-order valence-corrected chi connectivity index (χ1v) is 7.01. The van der Waals surface area contributed by atoms with Gasteiger partial charge in [-0.3, -0.25) is 0 Å². The molecule has 0 aliphatic heterocycles. The molecule has 0 aliphatic carbocycles. The van der Waals surface area contributed by atoms with Crippen LogP contribution in [0.25, 0.3) is 0 Å². The van der Waals surface area contributed by atoms with Gasteiger partial charge in [0, 0.05) is 5.02 Å². The van der Waals surface area contributed by atoms with Gasteiger partial charge in [-0.05, 0) is 79.9 Å². The number of hydrogen-bond acceptors (Lipinski definition) is 1. The zero-order chi connectivity index (χ0) is 14.9. The van der Waals surface area contributed by atoms with Gasteiger partial charge < -0.3 is 5.32 Å². The van der Waals surface area contributed by atoms with Gasteiger partial charge in [-0.25, -0.2) is 4.39 Å². The maximum Gasteiger partial charge on any atom is 0.123 e. The van der Waals surface area contributed by atoms with Crippen LogP contribution in [0.4, 0.5) is 4.39 Å². The highest BCUT2D eigenvalue weighted by atomic mass is 35.5. The molecule has 0 bridgehead atoms. The molecule has 0 heterocycles. The molecule has 0 fully saturated rings. The van der Waals surface area contributed by atoms with Gasteiger partial charge in [0.2, 0.25) is 0 Å². The molecular weight excluding hydrogens is 273 g/mol. The van der Waals surface area contributed by atoms with Crippen molar-refractivity contribution in [2.45, 2.75) is 26.8 Å². The first-order chi connectivity index (χ1) is 9.43. The molecule has 0 saturated carbocycles. The van der Waals surface area contributed by atoms with Gasteiger partial charge in [0.1, 0.15) is 5.82 Å². The van der Waals surface area contributed by atoms with Crippen molar-refractivity contribution in [1.29, 1.82) is 0 Å². The lowest BCUT2D eigenvalue weighted by molar-refractivity contribution is 0.618. The van der Waals surface area contributed by atoms with Crippen molar-refractivity contribution in [3.8, 4) is 0 Å². The number of aryl methyl sites for hydroxylation is 3. The van der Waals surface area contributed by atoms with Crippen molar-refractivity contribution in [1.82, 2.24) is 5.32 Å². The average molecular weight is 292 g/mol. The third-order valence-corrected chi connectivity index (χ3v) is 3.92. The van der Waals surface area contributed by atoms with Crippen LogP contribution >= 0.6 is 11.6 Å². The van der Waals surface area contributed by atoms with Crippen molar-refractivity contribution in [3.63, 3.8) is 0 Å². The fourth-order valence-electron chi connectivity index (χ4n) is 2.75. The summed E-state index contributed by atoms with van der Waals surface area (Å²) < 4.78 is 13.5. The predicted octanol–water partition coefficient (Wildman–Crippen LogP) is 4.71. The smallest absolute Gasteiger partial charge is 0.123 e. The Bertz CT molecular complexity index is 614. The van der Waals surface area contributed by atoms with E-state index in [4.69, 9.17) is 11.6 Å². The standard InChI is InChI=1S/C17H19ClFN/c1-10-5-6-13(18)9-15(10)17(20-4)16-11(2)7-14(19)8-12(16)3/h5-9,17,20H,1-4H3. The Morgan fingerprint density at radius 3 is 2.15 bits per heavy atom. The zero-order valence-electron chi connectivity index (χ0n) is 12.2. The molecule has 0 saturated heterocycles. The predicted molar refractivity (Wildman–Crippen MR) is 83.0 cm³/mol. The van der Waals surface area contributed by atoms with E-state index in [0.29, 0.717) is 5.02 Å². The molecule has 2 aromatic carbocycles. The van der Waals surface area contributed by atoms with Crippen LogP contribution in [0.3, 0.4) is 0 Å². The molecule has 0 aliphatic rings. The number of halogens is 2. The molecule has 0 spiro atoms. The van der Waals surface area contributed by atoms with Gasteiger partial charge >= 0.3 is 0 Å². The van der Waals surface area contributed by atoms with Crippen LogP contribution in [0.1, 0.15) is 33.9 Å². The minimum atomic E-state index is -0.193. The maximum atomic E-state index is 13.5. The summed E-state index contributed by atoms with van der Waals surface area (Å²) in [6, 6.07) is 9.03. The average Bonchev–Trinajstić information content (AvgIpc) is 2.37. The maximum absolute atomic E-state index is 13.5. The quantitative estimate of drug-likeness (QED) is 0.863. The molecule has 0 radical (unpaired) electrons. The van der Waals surface area contributed by atoms with Crippen LogP contribution in [0.15, 0.2) is 30.3 Å². The fourth-order valence-corrected chi connectivity index (χ4v) is 2.94. The van der Waals surface area contributed by atoms with Crippen LogP contribution in [-0.2, 0) is 0 Å². The van der Waals surface area contributed by atoms with Crippen LogP contribution in [-0.4, -0.2) is 7.05 Å². The van der Waals surface area contributed by atoms with E-state index < -0.39 is 0 Å². The van der Waals surface area contributed by atoms with Crippen LogP contribution in [0.2, 0.25) is 5.02 Å². The second kappa shape index (κ2) is 5.94. The fraction of sp³-hybridized carbons (Fsp3) is 0.294. The molecule has 3 heteroatoms. The van der Waals surface area contributed by atoms with E-state index in [1.807, 2.05) is 39.1 Å². The second-order valence-electron chi connectivity index (χ2n) is 5.18. The minimum Gasteiger partial charge on any atom is -0.309 e. The molecule has 1 N–H and O–H groups in total. The SMILES string of the molecule is CNC(c1cc(Cl)ccc1C)c1c(C)cc(F)cc1C. The van der Waals surface area contributed by atoms with E-state index in [9.17, 15) is 4.39 Å². The highest BCUT2D eigenvalue weighted by Gasteiger charge is 2.19. The lowest BCUT2D eigenvalue weighted by Gasteiger charge is -2.23. The van der Waals surface area contributed by atoms with Gasteiger partial charge in [0.25, 0.3) is 0 Å². The highest BCUT2D eigenvalue weighted by molar-refractivity contribution is 6.30. The number of rotatable bonds is 3. The first-order valence-electron chi connectivity index (χ1n) is 6.64. The van der Waals surface area contributed by atoms with E-state index >= 15 is 0 Å². The van der Waals surface area contributed by atoms with E-state index in [-0.39, 0.29) is 11.9 Å². The van der Waals surface area contributed by atoms with Crippen molar-refractivity contribution < 1.29 is 4.39 Å². The molecular formula is C17H19ClFN. The molecule has 106 valence electrons. The van der Waals surface area contributed by atoms with Crippen molar-refractivity contribution in [2.75, 3.05) is 7.05 Å². The highest BCUT2D eigenvalue weighted by Crippen LogP contribution is 2.31. The van der Waals surface area contributed by atoms with E-state index in [0.717, 1.165) is 27.8 Å². The summed E-state index contributed by atoms with van der Waals surface area (Å²) in [6.07, 6.45) is 0. The van der Waals surface area contributed by atoms with Gasteiger partial charge in [-0.2, -0.15) is 0 Å². The lowest BCUT2D eigenvalue weighted by atomic mass is 9.89. The summed E-state index contributed by atoms with van der Waals surface area (Å²) in [5, 5.41) is 4.03. The van der Waals surface area contributed by atoms with Gasteiger partial charge in [-0.1, -0.05) is 17.7 Å². The third-order valence-electron chi connectivity index (χ3n) is 3.69. The minimum absolute atomic E-state index is 0.00861. The van der Waals surface area contributed by atoms with E-state index in [2.05, 4.69) is 12.2 Å². The van der Waals surface area contributed by atoms with Gasteiger partial charge in [0.15, 0.2) is 0 Å². The second-order valence-corrected chi connectivity index (χ2v) is 5.61. The lowest BCUT2D eigenvalue weighted by Crippen LogP contribution is -2.21. The summed E-state index contributed by atoms with van der Waals surface area (Å²) in [7, 11) is 1.91. The van der Waals surface area contributed by atoms with Crippen LogP contribution in [0.5, 0.6) is 0 Å². The summed E-state index contributed by atoms with van der Waals surface area (Å²) in [6.45, 7) is 5.94. The Morgan fingerprint density at radius 2 is 1.60 bits per heavy atom. The van der Waals surface area contributed by atoms with Crippen molar-refractivity contribution in [3.05, 3.63) is 69.0 Å². The topological polar surface area (TPSA) is 12.0 Å². The monoisotopic (exact) mass is 291 g/mol. The normalized spacial score (nSPS) is 12.5. The van der Waals surface area contributed by atoms with Gasteiger partial charge in [0.05, 0.1) is 6.04 Å². The Morgan fingerprint density at radius 1 is 1.00 bits per heavy atom. The molecule has 1 atom stereocenters. The van der Waals surface area contributed by atoms with Gasteiger partial charge in [-0.15, -0.1) is 0 Å². The molecule has 2 aromatic rings. The molecule has 1 nitrogen and oxygen atoms in total. The molecule has 1 unspecified atom stereocenters. The van der Waals surface area contributed by atoms with E-state index in [1.54, 1.807) is 12.1 Å². The number of benzene rings is 2. The molecule has 0 aromatic heterocycles. The number of hydrogen-bond donors (Lipinski definition) is 1. The molecule has 0 amide bonds. The van der Waals surface area contributed by atoms with E-state index in [1.165, 1.54) is 0 Å². The largest absolute Gasteiger partial charge is 0.309 e. The van der Waals surface area contributed by atoms with Crippen molar-refractivity contribution in [2.24, 2.45) is 0 Å². The summed E-state index contributed by atoms with van der Waals surface area (Å²) in [5.74, 6) is -0.193. The van der Waals surface area contributed by atoms with Crippen LogP contribution in [0, 0.1) is 26.6 Å². The Labute approximate surface area is 124 Å². The summed E-state index contributed by atoms with van der Waals surface area (Å²) >= 11 is 6.12. The molecule has 20 heavy (non-hydrogen) atoms. The molecule has 2 rings (SSSR count). The third kappa shape index (κ3) is 2.87. The zero-order valence-corrected chi connectivity index (χ0v) is 13.0.